The molecule has 1 aromatic rings. The molecule has 0 aliphatic rings. The smallest absolute Gasteiger partial charge is 0.407 e. The number of rotatable bonds is 5. The summed E-state index contributed by atoms with van der Waals surface area (Å²) in [6.07, 6.45) is -0.497. The molecule has 0 bridgehead atoms. The highest BCUT2D eigenvalue weighted by molar-refractivity contribution is 5.73. The van der Waals surface area contributed by atoms with Crippen LogP contribution in [0.4, 0.5) is 9.59 Å². The Hall–Kier alpha value is -2.24. The van der Waals surface area contributed by atoms with E-state index in [0.29, 0.717) is 13.1 Å². The third kappa shape index (κ3) is 6.30. The van der Waals surface area contributed by atoms with Crippen LogP contribution in [0, 0.1) is 0 Å². The molecule has 1 aromatic carbocycles. The van der Waals surface area contributed by atoms with Crippen LogP contribution in [-0.2, 0) is 11.3 Å². The first-order valence-electron chi connectivity index (χ1n) is 5.99. The van der Waals surface area contributed by atoms with Crippen LogP contribution in [0.1, 0.15) is 5.56 Å². The second-order valence-corrected chi connectivity index (χ2v) is 4.11. The highest BCUT2D eigenvalue weighted by Gasteiger charge is 2.04. The molecule has 1 rings (SSSR count). The molecule has 0 saturated carbocycles. The van der Waals surface area contributed by atoms with Crippen molar-refractivity contribution in [2.24, 2.45) is 0 Å². The van der Waals surface area contributed by atoms with Crippen LogP contribution < -0.4 is 10.6 Å². The quantitative estimate of drug-likeness (QED) is 0.785. The van der Waals surface area contributed by atoms with Gasteiger partial charge in [-0.1, -0.05) is 30.3 Å². The van der Waals surface area contributed by atoms with Gasteiger partial charge in [0.05, 0.1) is 0 Å². The van der Waals surface area contributed by atoms with Crippen molar-refractivity contribution in [1.29, 1.82) is 0 Å². The molecule has 0 heterocycles. The lowest BCUT2D eigenvalue weighted by Crippen LogP contribution is -2.39. The molecule has 0 atom stereocenters. The van der Waals surface area contributed by atoms with Crippen LogP contribution in [0.25, 0.3) is 0 Å². The molecule has 0 radical (unpaired) electrons. The zero-order valence-electron chi connectivity index (χ0n) is 11.2. The minimum Gasteiger partial charge on any atom is -0.445 e. The zero-order chi connectivity index (χ0) is 14.1. The summed E-state index contributed by atoms with van der Waals surface area (Å²) in [5.41, 5.74) is 0.929. The maximum atomic E-state index is 11.3. The van der Waals surface area contributed by atoms with Crippen LogP contribution in [0.3, 0.4) is 0 Å². The Morgan fingerprint density at radius 3 is 2.37 bits per heavy atom. The van der Waals surface area contributed by atoms with Crippen LogP contribution in [-0.4, -0.2) is 44.2 Å². The number of benzene rings is 1. The maximum Gasteiger partial charge on any atom is 0.407 e. The summed E-state index contributed by atoms with van der Waals surface area (Å²) in [6.45, 7) is 0.918. The van der Waals surface area contributed by atoms with E-state index in [2.05, 4.69) is 10.6 Å². The van der Waals surface area contributed by atoms with Gasteiger partial charge < -0.3 is 20.3 Å². The Kier molecular flexibility index (Phi) is 6.21. The van der Waals surface area contributed by atoms with Crippen molar-refractivity contribution in [2.45, 2.75) is 6.61 Å². The molecule has 2 N–H and O–H groups in total. The van der Waals surface area contributed by atoms with Crippen molar-refractivity contribution in [1.82, 2.24) is 15.5 Å². The SMILES string of the molecule is CN(C)C(=O)NCCNC(=O)OCc1ccccc1. The molecule has 0 aromatic heterocycles. The molecule has 104 valence electrons. The largest absolute Gasteiger partial charge is 0.445 e. The predicted molar refractivity (Wildman–Crippen MR) is 71.7 cm³/mol. The molecule has 6 nitrogen and oxygen atoms in total. The van der Waals surface area contributed by atoms with Crippen molar-refractivity contribution in [3.63, 3.8) is 0 Å². The molecule has 0 spiro atoms. The highest BCUT2D eigenvalue weighted by Crippen LogP contribution is 2.00. The second kappa shape index (κ2) is 7.97. The van der Waals surface area contributed by atoms with Gasteiger partial charge in [-0.05, 0) is 5.56 Å². The van der Waals surface area contributed by atoms with E-state index in [9.17, 15) is 9.59 Å². The number of ether oxygens (including phenoxy) is 1. The fourth-order valence-corrected chi connectivity index (χ4v) is 1.27. The van der Waals surface area contributed by atoms with Gasteiger partial charge in [0.1, 0.15) is 6.61 Å². The molecule has 3 amide bonds. The first-order valence-corrected chi connectivity index (χ1v) is 5.99. The van der Waals surface area contributed by atoms with Crippen molar-refractivity contribution < 1.29 is 14.3 Å². The second-order valence-electron chi connectivity index (χ2n) is 4.11. The molecule has 0 unspecified atom stereocenters. The van der Waals surface area contributed by atoms with Crippen LogP contribution >= 0.6 is 0 Å². The summed E-state index contributed by atoms with van der Waals surface area (Å²) in [7, 11) is 3.30. The monoisotopic (exact) mass is 265 g/mol. The fraction of sp³-hybridized carbons (Fsp3) is 0.385. The Labute approximate surface area is 112 Å². The first-order chi connectivity index (χ1) is 9.09. The van der Waals surface area contributed by atoms with Crippen molar-refractivity contribution in [2.75, 3.05) is 27.2 Å². The van der Waals surface area contributed by atoms with Gasteiger partial charge in [-0.3, -0.25) is 0 Å². The number of amides is 3. The number of alkyl carbamates (subject to hydrolysis) is 1. The lowest BCUT2D eigenvalue weighted by molar-refractivity contribution is 0.139. The number of urea groups is 1. The third-order valence-electron chi connectivity index (χ3n) is 2.29. The van der Waals surface area contributed by atoms with E-state index in [4.69, 9.17) is 4.74 Å². The minimum absolute atomic E-state index is 0.195. The van der Waals surface area contributed by atoms with Crippen molar-refractivity contribution in [3.8, 4) is 0 Å². The normalized spacial score (nSPS) is 9.58. The summed E-state index contributed by atoms with van der Waals surface area (Å²) in [5, 5.41) is 5.18. The molecule has 0 aliphatic carbocycles. The molecule has 6 heteroatoms. The standard InChI is InChI=1S/C13H19N3O3/c1-16(2)12(17)14-8-9-15-13(18)19-10-11-6-4-3-5-7-11/h3-7H,8-10H2,1-2H3,(H,14,17)(H,15,18). The van der Waals surface area contributed by atoms with Gasteiger partial charge >= 0.3 is 12.1 Å². The van der Waals surface area contributed by atoms with Crippen molar-refractivity contribution >= 4 is 12.1 Å². The molecule has 0 fully saturated rings. The molecular weight excluding hydrogens is 246 g/mol. The fourth-order valence-electron chi connectivity index (χ4n) is 1.27. The van der Waals surface area contributed by atoms with Crippen LogP contribution in [0.2, 0.25) is 0 Å². The Morgan fingerprint density at radius 2 is 1.74 bits per heavy atom. The molecule has 0 saturated heterocycles. The van der Waals surface area contributed by atoms with Gasteiger partial charge in [-0.2, -0.15) is 0 Å². The van der Waals surface area contributed by atoms with E-state index in [1.54, 1.807) is 14.1 Å². The Bertz CT molecular complexity index is 407. The molecule has 0 aliphatic heterocycles. The summed E-state index contributed by atoms with van der Waals surface area (Å²) < 4.78 is 5.01. The minimum atomic E-state index is -0.497. The number of carbonyl (C=O) groups is 2. The van der Waals surface area contributed by atoms with Gasteiger partial charge in [0.2, 0.25) is 0 Å². The number of hydrogen-bond acceptors (Lipinski definition) is 3. The van der Waals surface area contributed by atoms with E-state index in [1.165, 1.54) is 4.90 Å². The van der Waals surface area contributed by atoms with E-state index >= 15 is 0 Å². The summed E-state index contributed by atoms with van der Waals surface area (Å²) >= 11 is 0. The topological polar surface area (TPSA) is 70.7 Å². The van der Waals surface area contributed by atoms with Gasteiger partial charge in [-0.25, -0.2) is 9.59 Å². The molecule has 19 heavy (non-hydrogen) atoms. The van der Waals surface area contributed by atoms with Crippen molar-refractivity contribution in [3.05, 3.63) is 35.9 Å². The average molecular weight is 265 g/mol. The maximum absolute atomic E-state index is 11.3. The predicted octanol–water partition coefficient (Wildman–Crippen LogP) is 1.18. The number of carbonyl (C=O) groups excluding carboxylic acids is 2. The highest BCUT2D eigenvalue weighted by atomic mass is 16.5. The number of nitrogens with one attached hydrogen (secondary N) is 2. The van der Waals surface area contributed by atoms with E-state index in [0.717, 1.165) is 5.56 Å². The van der Waals surface area contributed by atoms with E-state index < -0.39 is 6.09 Å². The lowest BCUT2D eigenvalue weighted by atomic mass is 10.2. The Balaban J connectivity index is 2.10. The number of hydrogen-bond donors (Lipinski definition) is 2. The van der Waals surface area contributed by atoms with Crippen LogP contribution in [0.15, 0.2) is 30.3 Å². The lowest BCUT2D eigenvalue weighted by Gasteiger charge is -2.12. The third-order valence-corrected chi connectivity index (χ3v) is 2.29. The number of nitrogens with zero attached hydrogens (tertiary/aromatic N) is 1. The van der Waals surface area contributed by atoms with E-state index in [-0.39, 0.29) is 12.6 Å². The van der Waals surface area contributed by atoms with Gasteiger partial charge in [0, 0.05) is 27.2 Å². The Morgan fingerprint density at radius 1 is 1.11 bits per heavy atom. The summed E-state index contributed by atoms with van der Waals surface area (Å²) in [6, 6.07) is 9.23. The van der Waals surface area contributed by atoms with Crippen LogP contribution in [0.5, 0.6) is 0 Å². The zero-order valence-corrected chi connectivity index (χ0v) is 11.2. The van der Waals surface area contributed by atoms with Gasteiger partial charge in [0.15, 0.2) is 0 Å². The molecular formula is C13H19N3O3. The first kappa shape index (κ1) is 14.8. The van der Waals surface area contributed by atoms with Gasteiger partial charge in [-0.15, -0.1) is 0 Å². The summed E-state index contributed by atoms with van der Waals surface area (Å²) in [5.74, 6) is 0. The average Bonchev–Trinajstić information content (AvgIpc) is 2.42. The summed E-state index contributed by atoms with van der Waals surface area (Å²) in [4.78, 5) is 23.9. The van der Waals surface area contributed by atoms with E-state index in [1.807, 2.05) is 30.3 Å². The van der Waals surface area contributed by atoms with Gasteiger partial charge in [0.25, 0.3) is 0 Å².